The molecule has 27 heavy (non-hydrogen) atoms. The SMILES string of the molecule is CCOC(=O)N1CCN(C(=NC)NCc2ccc(C(=O)N(C)C)cc2)CC1. The monoisotopic (exact) mass is 375 g/mol. The van der Waals surface area contributed by atoms with Gasteiger partial charge in [0.25, 0.3) is 5.91 Å². The number of nitrogens with one attached hydrogen (secondary N) is 1. The standard InChI is InChI=1S/C19H29N5O3/c1-5-27-19(26)24-12-10-23(11-13-24)18(20-2)21-14-15-6-8-16(9-7-15)17(25)22(3)4/h6-9H,5,10-14H2,1-4H3,(H,20,21). The molecule has 2 rings (SSSR count). The van der Waals surface area contributed by atoms with Gasteiger partial charge in [-0.15, -0.1) is 0 Å². The zero-order valence-electron chi connectivity index (χ0n) is 16.6. The molecule has 0 unspecified atom stereocenters. The molecule has 8 nitrogen and oxygen atoms in total. The first-order valence-corrected chi connectivity index (χ1v) is 9.14. The first-order chi connectivity index (χ1) is 13.0. The smallest absolute Gasteiger partial charge is 0.409 e. The Labute approximate surface area is 160 Å². The van der Waals surface area contributed by atoms with E-state index in [0.717, 1.165) is 11.5 Å². The van der Waals surface area contributed by atoms with Gasteiger partial charge in [-0.25, -0.2) is 4.79 Å². The minimum absolute atomic E-state index is 0.00945. The topological polar surface area (TPSA) is 77.5 Å². The van der Waals surface area contributed by atoms with Gasteiger partial charge >= 0.3 is 6.09 Å². The maximum absolute atomic E-state index is 11.9. The number of amides is 2. The summed E-state index contributed by atoms with van der Waals surface area (Å²) in [6.07, 6.45) is -0.257. The lowest BCUT2D eigenvalue weighted by Gasteiger charge is -2.35. The van der Waals surface area contributed by atoms with Crippen LogP contribution in [0.2, 0.25) is 0 Å². The molecule has 2 amide bonds. The molecule has 0 aliphatic carbocycles. The summed E-state index contributed by atoms with van der Waals surface area (Å²) >= 11 is 0. The van der Waals surface area contributed by atoms with E-state index in [-0.39, 0.29) is 12.0 Å². The van der Waals surface area contributed by atoms with Gasteiger partial charge in [0, 0.05) is 59.4 Å². The zero-order chi connectivity index (χ0) is 19.8. The summed E-state index contributed by atoms with van der Waals surface area (Å²) < 4.78 is 5.05. The first kappa shape index (κ1) is 20.5. The third kappa shape index (κ3) is 5.60. The highest BCUT2D eigenvalue weighted by Gasteiger charge is 2.23. The maximum atomic E-state index is 11.9. The minimum Gasteiger partial charge on any atom is -0.450 e. The van der Waals surface area contributed by atoms with E-state index < -0.39 is 0 Å². The van der Waals surface area contributed by atoms with Gasteiger partial charge in [-0.1, -0.05) is 12.1 Å². The number of carbonyl (C=O) groups excluding carboxylic acids is 2. The van der Waals surface area contributed by atoms with E-state index in [0.29, 0.717) is 44.9 Å². The van der Waals surface area contributed by atoms with Crippen LogP contribution in [0.5, 0.6) is 0 Å². The lowest BCUT2D eigenvalue weighted by molar-refractivity contribution is 0.0827. The molecule has 1 N–H and O–H groups in total. The number of guanidine groups is 1. The normalized spacial score (nSPS) is 14.7. The fourth-order valence-corrected chi connectivity index (χ4v) is 2.85. The Balaban J connectivity index is 1.86. The number of hydrogen-bond donors (Lipinski definition) is 1. The summed E-state index contributed by atoms with van der Waals surface area (Å²) in [5.41, 5.74) is 1.74. The Kier molecular flexibility index (Phi) is 7.45. The van der Waals surface area contributed by atoms with Gasteiger partial charge in [0.05, 0.1) is 6.61 Å². The van der Waals surface area contributed by atoms with Gasteiger partial charge in [0.1, 0.15) is 0 Å². The second-order valence-electron chi connectivity index (χ2n) is 6.47. The van der Waals surface area contributed by atoms with E-state index in [9.17, 15) is 9.59 Å². The Hall–Kier alpha value is -2.77. The Morgan fingerprint density at radius 2 is 1.70 bits per heavy atom. The molecule has 0 radical (unpaired) electrons. The largest absolute Gasteiger partial charge is 0.450 e. The summed E-state index contributed by atoms with van der Waals surface area (Å²) in [6, 6.07) is 7.55. The van der Waals surface area contributed by atoms with E-state index in [2.05, 4.69) is 15.2 Å². The van der Waals surface area contributed by atoms with Gasteiger partial charge in [-0.3, -0.25) is 9.79 Å². The number of benzene rings is 1. The third-order valence-electron chi connectivity index (χ3n) is 4.37. The van der Waals surface area contributed by atoms with Crippen LogP contribution in [0.15, 0.2) is 29.3 Å². The Morgan fingerprint density at radius 3 is 2.22 bits per heavy atom. The van der Waals surface area contributed by atoms with Crippen LogP contribution in [0.1, 0.15) is 22.8 Å². The number of rotatable bonds is 4. The lowest BCUT2D eigenvalue weighted by Crippen LogP contribution is -2.53. The number of carbonyl (C=O) groups is 2. The second kappa shape index (κ2) is 9.80. The van der Waals surface area contributed by atoms with Gasteiger partial charge in [0.15, 0.2) is 5.96 Å². The van der Waals surface area contributed by atoms with Crippen molar-refractivity contribution in [1.82, 2.24) is 20.0 Å². The van der Waals surface area contributed by atoms with Crippen LogP contribution in [0, 0.1) is 0 Å². The fraction of sp³-hybridized carbons (Fsp3) is 0.526. The molecule has 1 fully saturated rings. The second-order valence-corrected chi connectivity index (χ2v) is 6.47. The van der Waals surface area contributed by atoms with Gasteiger partial charge in [-0.05, 0) is 24.6 Å². The van der Waals surface area contributed by atoms with Gasteiger partial charge in [0.2, 0.25) is 0 Å². The number of hydrogen-bond acceptors (Lipinski definition) is 4. The van der Waals surface area contributed by atoms with Crippen LogP contribution in [0.25, 0.3) is 0 Å². The van der Waals surface area contributed by atoms with Crippen molar-refractivity contribution in [3.05, 3.63) is 35.4 Å². The van der Waals surface area contributed by atoms with Crippen molar-refractivity contribution in [2.45, 2.75) is 13.5 Å². The van der Waals surface area contributed by atoms with Crippen LogP contribution >= 0.6 is 0 Å². The number of nitrogens with zero attached hydrogens (tertiary/aromatic N) is 4. The molecule has 0 atom stereocenters. The fourth-order valence-electron chi connectivity index (χ4n) is 2.85. The van der Waals surface area contributed by atoms with Crippen molar-refractivity contribution >= 4 is 18.0 Å². The quantitative estimate of drug-likeness (QED) is 0.633. The highest BCUT2D eigenvalue weighted by molar-refractivity contribution is 5.93. The van der Waals surface area contributed by atoms with Crippen LogP contribution in [-0.2, 0) is 11.3 Å². The average Bonchev–Trinajstić information content (AvgIpc) is 2.69. The van der Waals surface area contributed by atoms with Crippen molar-refractivity contribution in [1.29, 1.82) is 0 Å². The molecule has 0 bridgehead atoms. The number of piperazine rings is 1. The Morgan fingerprint density at radius 1 is 1.11 bits per heavy atom. The predicted octanol–water partition coefficient (Wildman–Crippen LogP) is 1.24. The highest BCUT2D eigenvalue weighted by atomic mass is 16.6. The summed E-state index contributed by atoms with van der Waals surface area (Å²) in [7, 11) is 5.23. The van der Waals surface area contributed by atoms with Crippen molar-refractivity contribution in [2.75, 3.05) is 53.9 Å². The molecular weight excluding hydrogens is 346 g/mol. The first-order valence-electron chi connectivity index (χ1n) is 9.14. The molecule has 1 aromatic rings. The molecule has 0 spiro atoms. The van der Waals surface area contributed by atoms with Crippen LogP contribution < -0.4 is 5.32 Å². The van der Waals surface area contributed by atoms with E-state index in [4.69, 9.17) is 4.74 Å². The molecule has 1 aliphatic heterocycles. The predicted molar refractivity (Wildman–Crippen MR) is 105 cm³/mol. The van der Waals surface area contributed by atoms with E-state index in [1.165, 1.54) is 0 Å². The number of ether oxygens (including phenoxy) is 1. The van der Waals surface area contributed by atoms with E-state index >= 15 is 0 Å². The molecule has 1 heterocycles. The number of aliphatic imine (C=N–C) groups is 1. The highest BCUT2D eigenvalue weighted by Crippen LogP contribution is 2.08. The van der Waals surface area contributed by atoms with E-state index in [1.54, 1.807) is 30.9 Å². The molecule has 8 heteroatoms. The van der Waals surface area contributed by atoms with Gasteiger partial charge in [-0.2, -0.15) is 0 Å². The van der Waals surface area contributed by atoms with Crippen molar-refractivity contribution < 1.29 is 14.3 Å². The third-order valence-corrected chi connectivity index (χ3v) is 4.37. The minimum atomic E-state index is -0.257. The van der Waals surface area contributed by atoms with Gasteiger partial charge < -0.3 is 24.8 Å². The lowest BCUT2D eigenvalue weighted by atomic mass is 10.1. The summed E-state index contributed by atoms with van der Waals surface area (Å²) in [6.45, 7) is 5.44. The summed E-state index contributed by atoms with van der Waals surface area (Å²) in [5.74, 6) is 0.789. The van der Waals surface area contributed by atoms with Crippen molar-refractivity contribution in [3.63, 3.8) is 0 Å². The molecule has 0 saturated carbocycles. The summed E-state index contributed by atoms with van der Waals surface area (Å²) in [5, 5.41) is 3.34. The van der Waals surface area contributed by atoms with Crippen LogP contribution in [-0.4, -0.2) is 86.6 Å². The molecule has 148 valence electrons. The molecular formula is C19H29N5O3. The molecule has 1 aliphatic rings. The van der Waals surface area contributed by atoms with E-state index in [1.807, 2.05) is 31.2 Å². The molecule has 0 aromatic heterocycles. The van der Waals surface area contributed by atoms with Crippen molar-refractivity contribution in [3.8, 4) is 0 Å². The van der Waals surface area contributed by atoms with Crippen LogP contribution in [0.4, 0.5) is 4.79 Å². The van der Waals surface area contributed by atoms with Crippen molar-refractivity contribution in [2.24, 2.45) is 4.99 Å². The average molecular weight is 375 g/mol. The molecule has 1 saturated heterocycles. The molecule has 1 aromatic carbocycles. The summed E-state index contributed by atoms with van der Waals surface area (Å²) in [4.78, 5) is 33.5. The zero-order valence-corrected chi connectivity index (χ0v) is 16.6. The maximum Gasteiger partial charge on any atom is 0.409 e. The Bertz CT molecular complexity index is 664. The van der Waals surface area contributed by atoms with Crippen LogP contribution in [0.3, 0.4) is 0 Å².